The van der Waals surface area contributed by atoms with Gasteiger partial charge in [-0.1, -0.05) is 150 Å². The molecule has 0 radical (unpaired) electrons. The molecule has 0 spiro atoms. The number of benzene rings is 7. The van der Waals surface area contributed by atoms with Crippen molar-refractivity contribution >= 4 is 151 Å². The number of pyridine rings is 1. The van der Waals surface area contributed by atoms with E-state index in [-0.39, 0.29) is 122 Å². The largest absolute Gasteiger partial charge is 0.476 e. The third-order valence-electron chi connectivity index (χ3n) is 26.7. The SMILES string of the molecule is NC(=O)c1ccc(-n2ccnc2)cc1C(Cc1ccc(Cl)cc1)C(=O)NC12CCCC1OCC2=O.NC(Cc1ccc(Cl)cc1)C(=O)NC12CCCC1OCC2=O.O=C(NC(Cc1ccc(Cl)cc1)C(=O)NC12CCCC1OCC2=O)c1ccc(-c2cccs2)cc1.O=C(NC(Cc1ccc(Cl)cc1)C(=O)NC12CCCC1OCC2=O)c1cncc(-c2cccs2)c1.O=C(O)c1csc(-c2ccccc2)n1. The van der Waals surface area contributed by atoms with Crippen LogP contribution in [0.2, 0.25) is 20.1 Å². The Morgan fingerprint density at radius 1 is 0.454 bits per heavy atom. The maximum atomic E-state index is 13.9. The molecule has 7 amide bonds. The van der Waals surface area contributed by atoms with Gasteiger partial charge in [0.1, 0.15) is 65.7 Å². The Morgan fingerprint density at radius 3 is 1.31 bits per heavy atom. The Balaban J connectivity index is 0.000000131. The predicted molar refractivity (Wildman–Crippen MR) is 536 cm³/mol. The average Bonchev–Trinajstić information content (AvgIpc) is 1.63. The minimum absolute atomic E-state index is 0.000336. The van der Waals surface area contributed by atoms with Gasteiger partial charge in [0, 0.05) is 101 Å². The molecular weight excluding hydrogens is 1940 g/mol. The van der Waals surface area contributed by atoms with Gasteiger partial charge < -0.3 is 72.0 Å². The van der Waals surface area contributed by atoms with Crippen molar-refractivity contribution < 1.29 is 81.6 Å². The molecule has 4 aliphatic carbocycles. The van der Waals surface area contributed by atoms with Crippen LogP contribution in [0.1, 0.15) is 152 Å². The van der Waals surface area contributed by atoms with Crippen LogP contribution in [0.15, 0.2) is 247 Å². The highest BCUT2D eigenvalue weighted by Crippen LogP contribution is 2.43. The smallest absolute Gasteiger partial charge is 0.355 e. The molecule has 0 bridgehead atoms. The van der Waals surface area contributed by atoms with E-state index in [1.54, 1.807) is 142 Å². The molecule has 8 fully saturated rings. The molecule has 36 heteroatoms. The number of nitrogens with zero attached hydrogens (tertiary/aromatic N) is 4. The molecular formula is C105H100Cl4N12O17S3. The fraction of sp³-hybridized carbons (Fsp3) is 0.305. The first-order chi connectivity index (χ1) is 68.0. The zero-order chi connectivity index (χ0) is 99.1. The number of aromatic nitrogens is 4. The molecule has 29 nitrogen and oxygen atoms in total. The van der Waals surface area contributed by atoms with Crippen molar-refractivity contribution in [1.82, 2.24) is 51.4 Å². The van der Waals surface area contributed by atoms with Crippen molar-refractivity contribution in [2.45, 2.75) is 173 Å². The average molecular weight is 2040 g/mol. The van der Waals surface area contributed by atoms with E-state index >= 15 is 0 Å². The lowest BCUT2D eigenvalue weighted by atomic mass is 9.85. The van der Waals surface area contributed by atoms with Crippen LogP contribution in [0, 0.1) is 0 Å². The highest BCUT2D eigenvalue weighted by atomic mass is 35.5. The van der Waals surface area contributed by atoms with Crippen molar-refractivity contribution in [3.05, 3.63) is 318 Å². The third-order valence-corrected chi connectivity index (χ3v) is 30.4. The van der Waals surface area contributed by atoms with E-state index in [1.807, 2.05) is 126 Å². The molecule has 12 aromatic rings. The van der Waals surface area contributed by atoms with E-state index in [1.165, 1.54) is 17.5 Å². The van der Waals surface area contributed by atoms with Crippen LogP contribution in [-0.4, -0.2) is 186 Å². The first kappa shape index (κ1) is 101. The van der Waals surface area contributed by atoms with Gasteiger partial charge in [-0.2, -0.15) is 0 Å². The number of thiazole rings is 1. The molecule has 5 aromatic heterocycles. The molecule has 141 heavy (non-hydrogen) atoms. The van der Waals surface area contributed by atoms with Crippen molar-refractivity contribution in [2.24, 2.45) is 11.5 Å². The lowest BCUT2D eigenvalue weighted by Crippen LogP contribution is -2.60. The minimum Gasteiger partial charge on any atom is -0.476 e. The first-order valence-electron chi connectivity index (χ1n) is 46.1. The maximum absolute atomic E-state index is 13.9. The van der Waals surface area contributed by atoms with Crippen LogP contribution in [0.25, 0.3) is 37.1 Å². The number of aromatic carboxylic acids is 1. The van der Waals surface area contributed by atoms with Crippen molar-refractivity contribution in [3.8, 4) is 37.1 Å². The monoisotopic (exact) mass is 2040 g/mol. The van der Waals surface area contributed by atoms with Crippen LogP contribution in [0.5, 0.6) is 0 Å². The number of thiophene rings is 2. The number of hydrogen-bond donors (Lipinski definition) is 9. The number of Topliss-reactive ketones (excluding diaryl/α,β-unsaturated/α-hetero) is 4. The number of fused-ring (bicyclic) bond motifs is 4. The molecule has 728 valence electrons. The fourth-order valence-corrected chi connectivity index (χ4v) is 22.0. The standard InChI is InChI=1S/C27H25ClN2O4S.C26H25ClN4O4.C26H24ClN3O4S.C16H19ClN2O3.C10H7NO2S/c28-20-11-5-17(6-12-20)15-21(26(33)30-27-13-1-4-24(27)34-16-23(27)31)29-25(32)19-9-7-18(8-10-19)22-3-2-14-35-22;27-17-5-3-16(4-6-17)12-21(25(34)30-26-9-1-2-23(26)35-14-22(26)32)20-13-18(31-11-10-29-15-31)7-8-19(20)24(28)33;27-19-7-5-16(6-8-19)11-20(25(33)30-26-9-1-4-23(26)34-15-22(26)31)29-24(32)18-12-17(13-28-14-18)21-3-2-10-35-21;17-11-5-3-10(4-6-11)8-12(18)15(21)19-16-7-1-2-14(16)22-9-13(16)20;12-10(13)8-6-14-9(11-8)7-4-2-1-3-5-7/h2-3,5-12,14,21,24H,1,4,13,15-16H2,(H,29,32)(H,30,33);3-8,10-11,13,15,21,23H,1-2,9,12,14H2,(H2,28,33)(H,30,34);2-3,5-8,10,12-14,20,23H,1,4,9,11,15H2,(H,29,32)(H,30,33);3-6,12,14H,1-2,7-9,18H2,(H,19,21);1-6H,(H,12,13). The number of carbonyl (C=O) groups is 12. The van der Waals surface area contributed by atoms with E-state index < -0.39 is 75.8 Å². The van der Waals surface area contributed by atoms with Crippen LogP contribution in [0.4, 0.5) is 0 Å². The molecule has 8 aliphatic rings. The second-order valence-corrected chi connectivity index (χ2v) is 40.1. The lowest BCUT2D eigenvalue weighted by molar-refractivity contribution is -0.131. The molecule has 9 heterocycles. The molecule has 4 aliphatic heterocycles. The number of halogens is 4. The quantitative estimate of drug-likeness (QED) is 0.0231. The topological polar surface area (TPSA) is 430 Å². The number of primary amides is 1. The number of nitrogens with two attached hydrogens (primary N) is 2. The Bertz CT molecular complexity index is 6550. The number of ketones is 4. The van der Waals surface area contributed by atoms with Crippen LogP contribution in [-0.2, 0) is 83.0 Å². The molecule has 4 saturated carbocycles. The van der Waals surface area contributed by atoms with E-state index in [0.717, 1.165) is 111 Å². The number of ether oxygens (including phenoxy) is 4. The number of nitrogens with one attached hydrogen (secondary N) is 6. The summed E-state index contributed by atoms with van der Waals surface area (Å²) < 4.78 is 24.2. The molecule has 11 N–H and O–H groups in total. The minimum atomic E-state index is -1.02. The van der Waals surface area contributed by atoms with E-state index in [2.05, 4.69) is 46.9 Å². The van der Waals surface area contributed by atoms with Gasteiger partial charge in [0.2, 0.25) is 29.5 Å². The molecule has 4 saturated heterocycles. The van der Waals surface area contributed by atoms with Gasteiger partial charge in [-0.3, -0.25) is 57.7 Å². The summed E-state index contributed by atoms with van der Waals surface area (Å²) in [6, 6.07) is 57.8. The maximum Gasteiger partial charge on any atom is 0.355 e. The summed E-state index contributed by atoms with van der Waals surface area (Å²) in [5, 5.41) is 34.9. The first-order valence-corrected chi connectivity index (χ1v) is 50.2. The van der Waals surface area contributed by atoms with E-state index in [0.29, 0.717) is 68.9 Å². The van der Waals surface area contributed by atoms with Gasteiger partial charge in [0.05, 0.1) is 48.3 Å². The Hall–Kier alpha value is -12.7. The Morgan fingerprint density at radius 2 is 0.887 bits per heavy atom. The molecule has 20 rings (SSSR count). The summed E-state index contributed by atoms with van der Waals surface area (Å²) in [5.41, 5.74) is 16.5. The van der Waals surface area contributed by atoms with Crippen LogP contribution in [0.3, 0.4) is 0 Å². The second kappa shape index (κ2) is 45.5. The summed E-state index contributed by atoms with van der Waals surface area (Å²) in [6.07, 6.45) is 16.8. The number of carbonyl (C=O) groups excluding carboxylic acids is 11. The summed E-state index contributed by atoms with van der Waals surface area (Å²) in [7, 11) is 0. The zero-order valence-electron chi connectivity index (χ0n) is 76.1. The molecule has 12 unspecified atom stereocenters. The normalized spacial score (nSPS) is 21.8. The van der Waals surface area contributed by atoms with Gasteiger partial charge in [-0.05, 0) is 231 Å². The number of hydrogen-bond acceptors (Lipinski definition) is 23. The number of amides is 7. The Kier molecular flexibility index (Phi) is 32.7. The van der Waals surface area contributed by atoms with Gasteiger partial charge in [0.15, 0.2) is 28.8 Å². The fourth-order valence-electron chi connectivity index (χ4n) is 19.2. The summed E-state index contributed by atoms with van der Waals surface area (Å²) >= 11 is 28.5. The van der Waals surface area contributed by atoms with E-state index in [9.17, 15) is 57.5 Å². The Labute approximate surface area is 843 Å². The van der Waals surface area contributed by atoms with Crippen molar-refractivity contribution in [3.63, 3.8) is 0 Å². The highest BCUT2D eigenvalue weighted by molar-refractivity contribution is 7.14. The third kappa shape index (κ3) is 23.7. The summed E-state index contributed by atoms with van der Waals surface area (Å²) in [6.45, 7) is 0.0862. The van der Waals surface area contributed by atoms with Gasteiger partial charge in [-0.15, -0.1) is 34.0 Å². The van der Waals surface area contributed by atoms with Crippen molar-refractivity contribution in [2.75, 3.05) is 26.4 Å². The van der Waals surface area contributed by atoms with Crippen LogP contribution >= 0.6 is 80.4 Å². The number of rotatable bonds is 27. The van der Waals surface area contributed by atoms with Crippen molar-refractivity contribution in [1.29, 1.82) is 0 Å². The predicted octanol–water partition coefficient (Wildman–Crippen LogP) is 14.9. The van der Waals surface area contributed by atoms with Gasteiger partial charge in [-0.25, -0.2) is 14.8 Å². The van der Waals surface area contributed by atoms with E-state index in [4.69, 9.17) is 81.9 Å². The molecule has 12 atom stereocenters. The zero-order valence-corrected chi connectivity index (χ0v) is 81.6. The van der Waals surface area contributed by atoms with Gasteiger partial charge >= 0.3 is 5.97 Å². The lowest BCUT2D eigenvalue weighted by Gasteiger charge is -2.30. The number of carboxylic acid groups (broad SMARTS) is 1. The van der Waals surface area contributed by atoms with Gasteiger partial charge in [0.25, 0.3) is 11.8 Å². The highest BCUT2D eigenvalue weighted by Gasteiger charge is 2.59. The molecule has 7 aromatic carbocycles. The summed E-state index contributed by atoms with van der Waals surface area (Å²) in [5.74, 6) is -5.01. The number of imidazole rings is 1. The summed E-state index contributed by atoms with van der Waals surface area (Å²) in [4.78, 5) is 167. The van der Waals surface area contributed by atoms with Crippen LogP contribution < -0.4 is 43.4 Å². The number of carboxylic acids is 1. The second-order valence-electron chi connectivity index (χ2n) is 35.6.